The largest absolute Gasteiger partial charge is 0.497 e. The van der Waals surface area contributed by atoms with E-state index in [1.165, 1.54) is 0 Å². The number of aryl methyl sites for hydroxylation is 1. The molecule has 0 bridgehead atoms. The first-order valence-electron chi connectivity index (χ1n) is 9.87. The third-order valence-corrected chi connectivity index (χ3v) is 6.05. The Morgan fingerprint density at radius 2 is 1.90 bits per heavy atom. The Hall–Kier alpha value is -3.52. The van der Waals surface area contributed by atoms with E-state index in [1.54, 1.807) is 25.1 Å². The van der Waals surface area contributed by atoms with Crippen LogP contribution in [0.15, 0.2) is 76.6 Å². The monoisotopic (exact) mass is 431 g/mol. The van der Waals surface area contributed by atoms with Crippen LogP contribution in [0.25, 0.3) is 17.0 Å². The number of imidazole rings is 1. The normalized spacial score (nSPS) is 11.3. The molecule has 0 radical (unpaired) electrons. The Bertz CT molecular complexity index is 1310. The predicted molar refractivity (Wildman–Crippen MR) is 119 cm³/mol. The van der Waals surface area contributed by atoms with E-state index in [4.69, 9.17) is 14.1 Å². The van der Waals surface area contributed by atoms with Gasteiger partial charge in [0.15, 0.2) is 11.0 Å². The zero-order valence-corrected chi connectivity index (χ0v) is 18.0. The summed E-state index contributed by atoms with van der Waals surface area (Å²) < 4.78 is 15.0. The van der Waals surface area contributed by atoms with Crippen LogP contribution in [0, 0.1) is 6.92 Å². The van der Waals surface area contributed by atoms with Crippen molar-refractivity contribution in [2.24, 2.45) is 0 Å². The maximum Gasteiger partial charge on any atom is 0.192 e. The average Bonchev–Trinajstić information content (AvgIpc) is 3.53. The fourth-order valence-corrected chi connectivity index (χ4v) is 4.28. The first kappa shape index (κ1) is 19.4. The molecule has 0 aliphatic carbocycles. The molecule has 0 N–H and O–H groups in total. The second-order valence-corrected chi connectivity index (χ2v) is 8.06. The maximum absolute atomic E-state index is 5.58. The van der Waals surface area contributed by atoms with Crippen LogP contribution in [0.2, 0.25) is 0 Å². The number of aromatic nitrogens is 5. The summed E-state index contributed by atoms with van der Waals surface area (Å²) >= 11 is 1.61. The molecule has 8 heteroatoms. The smallest absolute Gasteiger partial charge is 0.192 e. The third-order valence-electron chi connectivity index (χ3n) is 5.05. The third kappa shape index (κ3) is 3.94. The molecule has 0 unspecified atom stereocenters. The Morgan fingerprint density at radius 3 is 2.65 bits per heavy atom. The number of nitrogens with zero attached hydrogens (tertiary/aromatic N) is 5. The van der Waals surface area contributed by atoms with Crippen LogP contribution in [0.1, 0.15) is 17.1 Å². The van der Waals surface area contributed by atoms with Crippen LogP contribution >= 0.6 is 11.8 Å². The van der Waals surface area contributed by atoms with Crippen molar-refractivity contribution in [3.05, 3.63) is 84.2 Å². The van der Waals surface area contributed by atoms with E-state index in [1.807, 2.05) is 48.5 Å². The highest BCUT2D eigenvalue weighted by molar-refractivity contribution is 7.98. The summed E-state index contributed by atoms with van der Waals surface area (Å²) in [6, 6.07) is 17.8. The lowest BCUT2D eigenvalue weighted by molar-refractivity contribution is 0.415. The Kier molecular flexibility index (Phi) is 5.21. The molecular weight excluding hydrogens is 410 g/mol. The van der Waals surface area contributed by atoms with Gasteiger partial charge in [-0.25, -0.2) is 4.98 Å². The molecule has 0 atom stereocenters. The SMILES string of the molecule is COc1ccc(-c2nnc(SCc3cn4c(C)cccc4n3)n2Cc2ccco2)cc1. The van der Waals surface area contributed by atoms with E-state index in [-0.39, 0.29) is 0 Å². The molecular formula is C23H21N5O2S. The first-order chi connectivity index (χ1) is 15.2. The lowest BCUT2D eigenvalue weighted by atomic mass is 10.2. The quantitative estimate of drug-likeness (QED) is 0.343. The van der Waals surface area contributed by atoms with Gasteiger partial charge in [-0.15, -0.1) is 10.2 Å². The minimum Gasteiger partial charge on any atom is -0.497 e. The second-order valence-electron chi connectivity index (χ2n) is 7.12. The van der Waals surface area contributed by atoms with Gasteiger partial charge in [0.05, 0.1) is 25.6 Å². The molecule has 0 aliphatic heterocycles. The van der Waals surface area contributed by atoms with Gasteiger partial charge < -0.3 is 13.6 Å². The van der Waals surface area contributed by atoms with Crippen molar-refractivity contribution in [1.82, 2.24) is 24.1 Å². The topological polar surface area (TPSA) is 70.4 Å². The highest BCUT2D eigenvalue weighted by atomic mass is 32.2. The van der Waals surface area contributed by atoms with E-state index in [2.05, 4.69) is 38.4 Å². The number of methoxy groups -OCH3 is 1. The average molecular weight is 432 g/mol. The first-order valence-corrected chi connectivity index (χ1v) is 10.9. The number of thioether (sulfide) groups is 1. The zero-order chi connectivity index (χ0) is 21.2. The number of benzene rings is 1. The van der Waals surface area contributed by atoms with Crippen molar-refractivity contribution in [2.45, 2.75) is 24.4 Å². The van der Waals surface area contributed by atoms with Crippen molar-refractivity contribution in [3.63, 3.8) is 0 Å². The van der Waals surface area contributed by atoms with E-state index in [0.717, 1.165) is 45.1 Å². The molecule has 31 heavy (non-hydrogen) atoms. The summed E-state index contributed by atoms with van der Waals surface area (Å²) in [6.45, 7) is 2.63. The number of furan rings is 1. The Balaban J connectivity index is 1.45. The van der Waals surface area contributed by atoms with Gasteiger partial charge in [0.1, 0.15) is 17.2 Å². The molecule has 0 saturated carbocycles. The van der Waals surface area contributed by atoms with Crippen molar-refractivity contribution < 1.29 is 9.15 Å². The summed E-state index contributed by atoms with van der Waals surface area (Å²) in [4.78, 5) is 4.73. The van der Waals surface area contributed by atoms with Gasteiger partial charge in [0.25, 0.3) is 0 Å². The Labute approximate surface area is 183 Å². The number of rotatable bonds is 7. The fourth-order valence-electron chi connectivity index (χ4n) is 3.46. The van der Waals surface area contributed by atoms with Crippen molar-refractivity contribution >= 4 is 17.4 Å². The molecule has 4 heterocycles. The molecule has 1 aromatic carbocycles. The number of ether oxygens (including phenoxy) is 1. The number of pyridine rings is 1. The molecule has 0 spiro atoms. The van der Waals surface area contributed by atoms with E-state index in [0.29, 0.717) is 12.3 Å². The fraction of sp³-hybridized carbons (Fsp3) is 0.174. The zero-order valence-electron chi connectivity index (χ0n) is 17.2. The van der Waals surface area contributed by atoms with Crippen molar-refractivity contribution in [3.8, 4) is 17.1 Å². The predicted octanol–water partition coefficient (Wildman–Crippen LogP) is 4.84. The molecule has 0 aliphatic rings. The number of hydrogen-bond acceptors (Lipinski definition) is 6. The van der Waals surface area contributed by atoms with Crippen LogP contribution in [0.4, 0.5) is 0 Å². The van der Waals surface area contributed by atoms with Gasteiger partial charge >= 0.3 is 0 Å². The lowest BCUT2D eigenvalue weighted by Crippen LogP contribution is -2.03. The van der Waals surface area contributed by atoms with Gasteiger partial charge in [0, 0.05) is 23.2 Å². The van der Waals surface area contributed by atoms with Gasteiger partial charge in [-0.1, -0.05) is 17.8 Å². The Morgan fingerprint density at radius 1 is 1.03 bits per heavy atom. The molecule has 0 saturated heterocycles. The van der Waals surface area contributed by atoms with Crippen LogP contribution in [-0.4, -0.2) is 31.3 Å². The lowest BCUT2D eigenvalue weighted by Gasteiger charge is -2.09. The molecule has 5 aromatic rings. The number of hydrogen-bond donors (Lipinski definition) is 0. The molecule has 0 fully saturated rings. The standard InChI is InChI=1S/C23H21N5O2S/c1-16-5-3-7-21-24-18(13-27(16)21)15-31-23-26-25-22(17-8-10-19(29-2)11-9-17)28(23)14-20-6-4-12-30-20/h3-13H,14-15H2,1-2H3. The van der Waals surface area contributed by atoms with Gasteiger partial charge in [-0.3, -0.25) is 4.57 Å². The highest BCUT2D eigenvalue weighted by Gasteiger charge is 2.17. The van der Waals surface area contributed by atoms with Crippen molar-refractivity contribution in [1.29, 1.82) is 0 Å². The molecule has 4 aromatic heterocycles. The highest BCUT2D eigenvalue weighted by Crippen LogP contribution is 2.28. The minimum atomic E-state index is 0.550. The van der Waals surface area contributed by atoms with E-state index < -0.39 is 0 Å². The van der Waals surface area contributed by atoms with Gasteiger partial charge in [0.2, 0.25) is 0 Å². The van der Waals surface area contributed by atoms with Crippen LogP contribution < -0.4 is 4.74 Å². The summed E-state index contributed by atoms with van der Waals surface area (Å²) in [6.07, 6.45) is 3.76. The van der Waals surface area contributed by atoms with Crippen LogP contribution in [0.5, 0.6) is 5.75 Å². The maximum atomic E-state index is 5.58. The summed E-state index contributed by atoms with van der Waals surface area (Å²) in [7, 11) is 1.66. The molecule has 0 amide bonds. The van der Waals surface area contributed by atoms with E-state index in [9.17, 15) is 0 Å². The van der Waals surface area contributed by atoms with E-state index >= 15 is 0 Å². The van der Waals surface area contributed by atoms with Gasteiger partial charge in [-0.2, -0.15) is 0 Å². The minimum absolute atomic E-state index is 0.550. The van der Waals surface area contributed by atoms with Crippen LogP contribution in [-0.2, 0) is 12.3 Å². The summed E-state index contributed by atoms with van der Waals surface area (Å²) in [5.74, 6) is 3.13. The summed E-state index contributed by atoms with van der Waals surface area (Å²) in [5, 5.41) is 9.76. The van der Waals surface area contributed by atoms with Gasteiger partial charge in [-0.05, 0) is 55.5 Å². The number of fused-ring (bicyclic) bond motifs is 1. The second kappa shape index (κ2) is 8.31. The summed E-state index contributed by atoms with van der Waals surface area (Å²) in [5.41, 5.74) is 4.07. The molecule has 7 nitrogen and oxygen atoms in total. The van der Waals surface area contributed by atoms with Crippen molar-refractivity contribution in [2.75, 3.05) is 7.11 Å². The molecule has 5 rings (SSSR count). The molecule has 156 valence electrons. The van der Waals surface area contributed by atoms with Crippen LogP contribution in [0.3, 0.4) is 0 Å².